The summed E-state index contributed by atoms with van der Waals surface area (Å²) in [6.07, 6.45) is 7.22. The third-order valence-electron chi connectivity index (χ3n) is 5.65. The topological polar surface area (TPSA) is 117 Å². The summed E-state index contributed by atoms with van der Waals surface area (Å²) >= 11 is 0. The van der Waals surface area contributed by atoms with Crippen molar-refractivity contribution in [3.8, 4) is 0 Å². The molecule has 4 rings (SSSR count). The number of piperidine rings is 1. The first-order valence-electron chi connectivity index (χ1n) is 10.4. The molecule has 1 aromatic heterocycles. The summed E-state index contributed by atoms with van der Waals surface area (Å²) < 4.78 is 1.68. The number of benzene rings is 1. The van der Waals surface area contributed by atoms with E-state index in [0.29, 0.717) is 24.2 Å². The van der Waals surface area contributed by atoms with Gasteiger partial charge in [-0.3, -0.25) is 14.3 Å². The van der Waals surface area contributed by atoms with Gasteiger partial charge < -0.3 is 15.3 Å². The summed E-state index contributed by atoms with van der Waals surface area (Å²) in [4.78, 5) is 38.3. The van der Waals surface area contributed by atoms with Crippen LogP contribution in [0.4, 0.5) is 5.69 Å². The molecule has 1 saturated carbocycles. The van der Waals surface area contributed by atoms with E-state index in [2.05, 4.69) is 15.6 Å². The summed E-state index contributed by atoms with van der Waals surface area (Å²) in [7, 11) is 0. The number of nitrogens with one attached hydrogen (secondary N) is 1. The van der Waals surface area contributed by atoms with E-state index < -0.39 is 17.9 Å². The maximum atomic E-state index is 12.9. The summed E-state index contributed by atoms with van der Waals surface area (Å²) in [5.74, 6) is -0.965. The summed E-state index contributed by atoms with van der Waals surface area (Å²) in [6.45, 7) is 1.16. The first-order chi connectivity index (χ1) is 14.5. The molecule has 2 aromatic rings. The number of aryl methyl sites for hydroxylation is 1. The maximum Gasteiger partial charge on any atom is 0.326 e. The summed E-state index contributed by atoms with van der Waals surface area (Å²) in [6, 6.07) is 5.71. The highest BCUT2D eigenvalue weighted by molar-refractivity contribution is 6.04. The second kappa shape index (κ2) is 8.64. The highest BCUT2D eigenvalue weighted by Gasteiger charge is 2.32. The molecular formula is C21H25N5O4. The van der Waals surface area contributed by atoms with E-state index in [-0.39, 0.29) is 11.6 Å². The van der Waals surface area contributed by atoms with Crippen molar-refractivity contribution in [2.24, 2.45) is 5.92 Å². The third-order valence-corrected chi connectivity index (χ3v) is 5.65. The van der Waals surface area contributed by atoms with Crippen molar-refractivity contribution in [2.75, 3.05) is 11.9 Å². The van der Waals surface area contributed by atoms with Crippen molar-refractivity contribution in [2.45, 2.75) is 51.1 Å². The minimum absolute atomic E-state index is 0.212. The molecule has 1 saturated heterocycles. The van der Waals surface area contributed by atoms with Gasteiger partial charge in [-0.15, -0.1) is 5.10 Å². The average Bonchev–Trinajstić information content (AvgIpc) is 3.47. The minimum Gasteiger partial charge on any atom is -0.480 e. The van der Waals surface area contributed by atoms with Crippen molar-refractivity contribution < 1.29 is 19.5 Å². The lowest BCUT2D eigenvalue weighted by molar-refractivity contribution is -0.143. The largest absolute Gasteiger partial charge is 0.480 e. The fourth-order valence-electron chi connectivity index (χ4n) is 3.76. The number of rotatable bonds is 7. The lowest BCUT2D eigenvalue weighted by Crippen LogP contribution is -2.48. The van der Waals surface area contributed by atoms with Crippen LogP contribution in [0, 0.1) is 5.92 Å². The molecule has 2 amide bonds. The Balaban J connectivity index is 1.42. The Morgan fingerprint density at radius 3 is 2.77 bits per heavy atom. The fraction of sp³-hybridized carbons (Fsp3) is 0.476. The highest BCUT2D eigenvalue weighted by Crippen LogP contribution is 2.32. The number of aromatic nitrogens is 3. The van der Waals surface area contributed by atoms with Crippen molar-refractivity contribution in [1.29, 1.82) is 0 Å². The van der Waals surface area contributed by atoms with Crippen LogP contribution in [-0.4, -0.2) is 55.4 Å². The Bertz CT molecular complexity index is 952. The molecule has 30 heavy (non-hydrogen) atoms. The molecule has 2 heterocycles. The van der Waals surface area contributed by atoms with Gasteiger partial charge in [-0.1, -0.05) is 24.1 Å². The smallest absolute Gasteiger partial charge is 0.326 e. The zero-order valence-electron chi connectivity index (χ0n) is 16.7. The Morgan fingerprint density at radius 2 is 2.00 bits per heavy atom. The van der Waals surface area contributed by atoms with Gasteiger partial charge >= 0.3 is 5.97 Å². The standard InChI is InChI=1S/C21H25N5O4/c27-19(17-13-25(24-23-17)11-9-14-7-8-14)22-16-5-3-4-15(12-16)20(28)26-10-2-1-6-18(26)21(29)30/h3-5,12-14,18H,1-2,6-11H2,(H,22,27)(H,29,30). The van der Waals surface area contributed by atoms with Gasteiger partial charge in [0.05, 0.1) is 6.20 Å². The van der Waals surface area contributed by atoms with E-state index in [1.165, 1.54) is 17.7 Å². The van der Waals surface area contributed by atoms with Crippen LogP contribution in [0.25, 0.3) is 0 Å². The Morgan fingerprint density at radius 1 is 1.17 bits per heavy atom. The van der Waals surface area contributed by atoms with Gasteiger partial charge in [0.25, 0.3) is 11.8 Å². The van der Waals surface area contributed by atoms with Crippen molar-refractivity contribution in [3.05, 3.63) is 41.7 Å². The van der Waals surface area contributed by atoms with E-state index >= 15 is 0 Å². The number of carbonyl (C=O) groups is 3. The van der Waals surface area contributed by atoms with Gasteiger partial charge in [-0.05, 0) is 49.8 Å². The van der Waals surface area contributed by atoms with Crippen molar-refractivity contribution in [3.63, 3.8) is 0 Å². The zero-order valence-corrected chi connectivity index (χ0v) is 16.7. The SMILES string of the molecule is O=C(Nc1cccc(C(=O)N2CCCCC2C(=O)O)c1)c1cn(CCC2CC2)nn1. The molecule has 2 fully saturated rings. The number of carboxylic acids is 1. The Hall–Kier alpha value is -3.23. The van der Waals surface area contributed by atoms with Crippen LogP contribution in [0.3, 0.4) is 0 Å². The summed E-state index contributed by atoms with van der Waals surface area (Å²) in [5, 5.41) is 20.1. The van der Waals surface area contributed by atoms with Gasteiger partial charge in [0.1, 0.15) is 6.04 Å². The number of hydrogen-bond donors (Lipinski definition) is 2. The molecule has 2 aliphatic rings. The molecule has 1 atom stereocenters. The van der Waals surface area contributed by atoms with Gasteiger partial charge in [-0.2, -0.15) is 0 Å². The van der Waals surface area contributed by atoms with E-state index in [4.69, 9.17) is 0 Å². The number of carbonyl (C=O) groups excluding carboxylic acids is 2. The number of anilines is 1. The fourth-order valence-corrected chi connectivity index (χ4v) is 3.76. The molecular weight excluding hydrogens is 386 g/mol. The number of nitrogens with zero attached hydrogens (tertiary/aromatic N) is 4. The summed E-state index contributed by atoms with van der Waals surface area (Å²) in [5.41, 5.74) is 1.00. The molecule has 0 radical (unpaired) electrons. The number of amides is 2. The van der Waals surface area contributed by atoms with E-state index in [1.54, 1.807) is 35.1 Å². The van der Waals surface area contributed by atoms with Crippen molar-refractivity contribution >= 4 is 23.5 Å². The van der Waals surface area contributed by atoms with Gasteiger partial charge in [0, 0.05) is 24.3 Å². The second-order valence-corrected chi connectivity index (χ2v) is 7.98. The number of carboxylic acid groups (broad SMARTS) is 1. The highest BCUT2D eigenvalue weighted by atomic mass is 16.4. The second-order valence-electron chi connectivity index (χ2n) is 7.98. The molecule has 9 nitrogen and oxygen atoms in total. The quantitative estimate of drug-likeness (QED) is 0.722. The third kappa shape index (κ3) is 4.67. The molecule has 158 valence electrons. The van der Waals surface area contributed by atoms with Gasteiger partial charge in [-0.25, -0.2) is 4.79 Å². The zero-order chi connectivity index (χ0) is 21.1. The van der Waals surface area contributed by atoms with Crippen LogP contribution < -0.4 is 5.32 Å². The Kier molecular flexibility index (Phi) is 5.78. The average molecular weight is 411 g/mol. The van der Waals surface area contributed by atoms with Crippen LogP contribution in [0.2, 0.25) is 0 Å². The number of likely N-dealkylation sites (tertiary alicyclic amines) is 1. The predicted molar refractivity (Wildman–Crippen MR) is 108 cm³/mol. The lowest BCUT2D eigenvalue weighted by atomic mass is 10.0. The molecule has 1 aliphatic heterocycles. The first-order valence-corrected chi connectivity index (χ1v) is 10.4. The lowest BCUT2D eigenvalue weighted by Gasteiger charge is -2.33. The van der Waals surface area contributed by atoms with E-state index in [9.17, 15) is 19.5 Å². The molecule has 0 bridgehead atoms. The maximum absolute atomic E-state index is 12.9. The molecule has 1 unspecified atom stereocenters. The molecule has 2 N–H and O–H groups in total. The van der Waals surface area contributed by atoms with E-state index in [1.807, 2.05) is 0 Å². The van der Waals surface area contributed by atoms with Crippen LogP contribution >= 0.6 is 0 Å². The monoisotopic (exact) mass is 411 g/mol. The van der Waals surface area contributed by atoms with Crippen LogP contribution in [0.15, 0.2) is 30.5 Å². The first kappa shape index (κ1) is 20.1. The molecule has 9 heteroatoms. The van der Waals surface area contributed by atoms with Gasteiger partial charge in [0.2, 0.25) is 0 Å². The number of hydrogen-bond acceptors (Lipinski definition) is 5. The van der Waals surface area contributed by atoms with Crippen LogP contribution in [0.1, 0.15) is 59.4 Å². The number of aliphatic carboxylic acids is 1. The van der Waals surface area contributed by atoms with Gasteiger partial charge in [0.15, 0.2) is 5.69 Å². The molecule has 1 aromatic carbocycles. The van der Waals surface area contributed by atoms with Crippen LogP contribution in [0.5, 0.6) is 0 Å². The molecule has 1 aliphatic carbocycles. The Labute approximate surface area is 174 Å². The van der Waals surface area contributed by atoms with E-state index in [0.717, 1.165) is 31.7 Å². The minimum atomic E-state index is -0.989. The predicted octanol–water partition coefficient (Wildman–Crippen LogP) is 2.41. The normalized spacial score (nSPS) is 18.8. The molecule has 0 spiro atoms. The van der Waals surface area contributed by atoms with Crippen molar-refractivity contribution in [1.82, 2.24) is 19.9 Å². The van der Waals surface area contributed by atoms with Crippen LogP contribution in [-0.2, 0) is 11.3 Å².